The smallest absolute Gasteiger partial charge is 0.251 e. The van der Waals surface area contributed by atoms with Gasteiger partial charge in [0.15, 0.2) is 0 Å². The van der Waals surface area contributed by atoms with Crippen molar-refractivity contribution in [3.63, 3.8) is 0 Å². The number of rotatable bonds is 3. The van der Waals surface area contributed by atoms with Gasteiger partial charge < -0.3 is 10.6 Å². The fourth-order valence-electron chi connectivity index (χ4n) is 3.01. The van der Waals surface area contributed by atoms with Gasteiger partial charge in [-0.15, -0.1) is 0 Å². The van der Waals surface area contributed by atoms with Crippen LogP contribution in [0.4, 0.5) is 0 Å². The predicted molar refractivity (Wildman–Crippen MR) is 84.3 cm³/mol. The van der Waals surface area contributed by atoms with Crippen LogP contribution in [0.1, 0.15) is 40.7 Å². The van der Waals surface area contributed by atoms with Crippen molar-refractivity contribution in [1.29, 1.82) is 0 Å². The molecule has 4 heteroatoms. The molecule has 1 fully saturated rings. The first-order chi connectivity index (χ1) is 9.84. The number of fused-ring (bicyclic) bond motifs is 1. The van der Waals surface area contributed by atoms with E-state index in [0.29, 0.717) is 5.25 Å². The molecule has 20 heavy (non-hydrogen) atoms. The topological polar surface area (TPSA) is 41.1 Å². The van der Waals surface area contributed by atoms with E-state index < -0.39 is 0 Å². The quantitative estimate of drug-likeness (QED) is 0.898. The summed E-state index contributed by atoms with van der Waals surface area (Å²) in [5.74, 6) is 1.35. The molecule has 3 nitrogen and oxygen atoms in total. The summed E-state index contributed by atoms with van der Waals surface area (Å²) in [6.45, 7) is 2.66. The lowest BCUT2D eigenvalue weighted by atomic mass is 9.95. The van der Waals surface area contributed by atoms with Crippen molar-refractivity contribution in [1.82, 2.24) is 10.6 Å². The molecule has 2 aliphatic heterocycles. The molecule has 0 bridgehead atoms. The number of nitrogens with one attached hydrogen (secondary N) is 2. The van der Waals surface area contributed by atoms with Crippen LogP contribution in [0.5, 0.6) is 0 Å². The maximum Gasteiger partial charge on any atom is 0.251 e. The number of carbonyl (C=O) groups is 1. The number of hydrogen-bond acceptors (Lipinski definition) is 3. The van der Waals surface area contributed by atoms with Gasteiger partial charge in [0.05, 0.1) is 0 Å². The Balaban J connectivity index is 1.64. The van der Waals surface area contributed by atoms with Gasteiger partial charge in [0, 0.05) is 23.9 Å². The summed E-state index contributed by atoms with van der Waals surface area (Å²) in [5.41, 5.74) is 3.39. The van der Waals surface area contributed by atoms with Crippen LogP contribution in [-0.2, 0) is 13.0 Å². The van der Waals surface area contributed by atoms with Gasteiger partial charge in [-0.1, -0.05) is 18.6 Å². The number of carbonyl (C=O) groups excluding carboxylic acids is 1. The molecule has 1 amide bonds. The summed E-state index contributed by atoms with van der Waals surface area (Å²) in [6, 6.07) is 6.08. The largest absolute Gasteiger partial charge is 0.351 e. The van der Waals surface area contributed by atoms with Crippen molar-refractivity contribution in [3.05, 3.63) is 34.9 Å². The fraction of sp³-hybridized carbons (Fsp3) is 0.562. The average molecular weight is 290 g/mol. The Morgan fingerprint density at radius 2 is 2.35 bits per heavy atom. The van der Waals surface area contributed by atoms with Gasteiger partial charge in [-0.05, 0) is 48.8 Å². The third kappa shape index (κ3) is 3.18. The molecular formula is C16H22N2OS. The van der Waals surface area contributed by atoms with E-state index in [-0.39, 0.29) is 5.91 Å². The summed E-state index contributed by atoms with van der Waals surface area (Å²) >= 11 is 2.00. The normalized spacial score (nSPS) is 22.1. The second-order valence-corrected chi connectivity index (χ2v) is 6.98. The van der Waals surface area contributed by atoms with Gasteiger partial charge in [0.1, 0.15) is 0 Å². The molecule has 0 spiro atoms. The van der Waals surface area contributed by atoms with Gasteiger partial charge in [-0.3, -0.25) is 4.79 Å². The Bertz CT molecular complexity index is 483. The van der Waals surface area contributed by atoms with Crippen LogP contribution < -0.4 is 10.6 Å². The highest BCUT2D eigenvalue weighted by Gasteiger charge is 2.19. The first-order valence-electron chi connectivity index (χ1n) is 7.56. The molecule has 2 aliphatic rings. The van der Waals surface area contributed by atoms with Crippen molar-refractivity contribution in [3.8, 4) is 0 Å². The van der Waals surface area contributed by atoms with Crippen molar-refractivity contribution in [2.75, 3.05) is 18.8 Å². The molecule has 3 rings (SSSR count). The van der Waals surface area contributed by atoms with Crippen LogP contribution >= 0.6 is 11.8 Å². The van der Waals surface area contributed by atoms with Gasteiger partial charge >= 0.3 is 0 Å². The highest BCUT2D eigenvalue weighted by Crippen LogP contribution is 2.24. The second kappa shape index (κ2) is 6.64. The maximum atomic E-state index is 12.4. The van der Waals surface area contributed by atoms with Crippen LogP contribution in [0.15, 0.2) is 18.2 Å². The molecule has 0 radical (unpaired) electrons. The van der Waals surface area contributed by atoms with Gasteiger partial charge in [0.25, 0.3) is 5.91 Å². The zero-order chi connectivity index (χ0) is 13.8. The molecule has 1 aromatic carbocycles. The van der Waals surface area contributed by atoms with E-state index in [2.05, 4.69) is 16.7 Å². The number of hydrogen-bond donors (Lipinski definition) is 2. The van der Waals surface area contributed by atoms with Gasteiger partial charge in [-0.25, -0.2) is 0 Å². The molecule has 0 aliphatic carbocycles. The van der Waals surface area contributed by atoms with Crippen LogP contribution in [0.3, 0.4) is 0 Å². The lowest BCUT2D eigenvalue weighted by Gasteiger charge is -2.23. The van der Waals surface area contributed by atoms with E-state index >= 15 is 0 Å². The Morgan fingerprint density at radius 3 is 3.20 bits per heavy atom. The minimum absolute atomic E-state index is 0.106. The molecular weight excluding hydrogens is 268 g/mol. The van der Waals surface area contributed by atoms with E-state index in [0.717, 1.165) is 31.6 Å². The zero-order valence-corrected chi connectivity index (χ0v) is 12.6. The SMILES string of the molecule is O=C(NCC1CCCCS1)c1cccc2c1CCNC2. The van der Waals surface area contributed by atoms with Crippen LogP contribution in [0, 0.1) is 0 Å². The van der Waals surface area contributed by atoms with E-state index in [4.69, 9.17) is 0 Å². The minimum Gasteiger partial charge on any atom is -0.351 e. The van der Waals surface area contributed by atoms with Crippen LogP contribution in [-0.4, -0.2) is 30.0 Å². The molecule has 2 N–H and O–H groups in total. The van der Waals surface area contributed by atoms with Crippen molar-refractivity contribution >= 4 is 17.7 Å². The standard InChI is InChI=1S/C16H22N2OS/c19-16(18-11-13-5-1-2-9-20-13)15-6-3-4-12-10-17-8-7-14(12)15/h3-4,6,13,17H,1-2,5,7-11H2,(H,18,19). The van der Waals surface area contributed by atoms with Crippen LogP contribution in [0.25, 0.3) is 0 Å². The molecule has 1 saturated heterocycles. The summed E-state index contributed by atoms with van der Waals surface area (Å²) in [5, 5.41) is 7.10. The van der Waals surface area contributed by atoms with Crippen LogP contribution in [0.2, 0.25) is 0 Å². The Morgan fingerprint density at radius 1 is 1.40 bits per heavy atom. The second-order valence-electron chi connectivity index (χ2n) is 5.57. The van der Waals surface area contributed by atoms with Gasteiger partial charge in [-0.2, -0.15) is 11.8 Å². The number of benzene rings is 1. The monoisotopic (exact) mass is 290 g/mol. The lowest BCUT2D eigenvalue weighted by Crippen LogP contribution is -2.34. The number of amides is 1. The van der Waals surface area contributed by atoms with Crippen molar-refractivity contribution < 1.29 is 4.79 Å². The third-order valence-corrected chi connectivity index (χ3v) is 5.55. The Kier molecular flexibility index (Phi) is 4.63. The molecule has 1 atom stereocenters. The predicted octanol–water partition coefficient (Wildman–Crippen LogP) is 2.35. The van der Waals surface area contributed by atoms with E-state index in [1.165, 1.54) is 36.1 Å². The summed E-state index contributed by atoms with van der Waals surface area (Å²) < 4.78 is 0. The molecule has 108 valence electrons. The molecule has 0 aromatic heterocycles. The molecule has 1 unspecified atom stereocenters. The highest BCUT2D eigenvalue weighted by atomic mass is 32.2. The third-order valence-electron chi connectivity index (χ3n) is 4.15. The highest BCUT2D eigenvalue weighted by molar-refractivity contribution is 7.99. The average Bonchev–Trinajstić information content (AvgIpc) is 2.53. The van der Waals surface area contributed by atoms with Crippen molar-refractivity contribution in [2.24, 2.45) is 0 Å². The van der Waals surface area contributed by atoms with Crippen molar-refractivity contribution in [2.45, 2.75) is 37.5 Å². The Labute approximate surface area is 124 Å². The number of thioether (sulfide) groups is 1. The van der Waals surface area contributed by atoms with Gasteiger partial charge in [0.2, 0.25) is 0 Å². The first-order valence-corrected chi connectivity index (χ1v) is 8.61. The lowest BCUT2D eigenvalue weighted by molar-refractivity contribution is 0.0952. The summed E-state index contributed by atoms with van der Waals surface area (Å²) in [4.78, 5) is 12.4. The zero-order valence-electron chi connectivity index (χ0n) is 11.8. The van der Waals surface area contributed by atoms with E-state index in [1.807, 2.05) is 23.9 Å². The minimum atomic E-state index is 0.106. The van der Waals surface area contributed by atoms with E-state index in [1.54, 1.807) is 0 Å². The molecule has 1 aromatic rings. The van der Waals surface area contributed by atoms with E-state index in [9.17, 15) is 4.79 Å². The summed E-state index contributed by atoms with van der Waals surface area (Å²) in [7, 11) is 0. The fourth-order valence-corrected chi connectivity index (χ4v) is 4.25. The summed E-state index contributed by atoms with van der Waals surface area (Å²) in [6.07, 6.45) is 4.83. The molecule has 2 heterocycles. The molecule has 0 saturated carbocycles. The maximum absolute atomic E-state index is 12.4. The first kappa shape index (κ1) is 14.0. The Hall–Kier alpha value is -1.00.